The highest BCUT2D eigenvalue weighted by Gasteiger charge is 2.31. The Balaban J connectivity index is 1.49. The molecule has 1 saturated carbocycles. The monoisotopic (exact) mass is 440 g/mol. The van der Waals surface area contributed by atoms with Gasteiger partial charge in [0.05, 0.1) is 11.7 Å². The van der Waals surface area contributed by atoms with E-state index in [0.29, 0.717) is 36.8 Å². The summed E-state index contributed by atoms with van der Waals surface area (Å²) >= 11 is 0. The molecule has 170 valence electrons. The third kappa shape index (κ3) is 4.44. The lowest BCUT2D eigenvalue weighted by Crippen LogP contribution is -2.36. The molecule has 0 bridgehead atoms. The summed E-state index contributed by atoms with van der Waals surface area (Å²) in [4.78, 5) is 31.7. The van der Waals surface area contributed by atoms with Crippen molar-refractivity contribution in [3.8, 4) is 0 Å². The third-order valence-electron chi connectivity index (χ3n) is 7.56. The van der Waals surface area contributed by atoms with Crippen LogP contribution in [-0.4, -0.2) is 15.3 Å². The van der Waals surface area contributed by atoms with Crippen molar-refractivity contribution in [2.75, 3.05) is 0 Å². The highest BCUT2D eigenvalue weighted by Crippen LogP contribution is 2.32. The SMILES string of the molecule is Cc1nc2c(c(=O)n1C(c1ccccc1)c1ccccc1)CCC(C(=O)CC1CCCC1)C2. The van der Waals surface area contributed by atoms with E-state index in [-0.39, 0.29) is 17.5 Å². The lowest BCUT2D eigenvalue weighted by Gasteiger charge is -2.28. The van der Waals surface area contributed by atoms with Crippen LogP contribution in [0.5, 0.6) is 0 Å². The number of rotatable bonds is 6. The van der Waals surface area contributed by atoms with Crippen molar-refractivity contribution in [3.63, 3.8) is 0 Å². The van der Waals surface area contributed by atoms with E-state index in [1.807, 2.05) is 47.9 Å². The maximum Gasteiger partial charge on any atom is 0.257 e. The molecular formula is C29H32N2O2. The van der Waals surface area contributed by atoms with Crippen molar-refractivity contribution < 1.29 is 4.79 Å². The number of benzene rings is 2. The van der Waals surface area contributed by atoms with E-state index in [2.05, 4.69) is 24.3 Å². The third-order valence-corrected chi connectivity index (χ3v) is 7.56. The molecule has 4 nitrogen and oxygen atoms in total. The van der Waals surface area contributed by atoms with E-state index >= 15 is 0 Å². The number of aromatic nitrogens is 2. The van der Waals surface area contributed by atoms with E-state index in [1.54, 1.807) is 0 Å². The minimum absolute atomic E-state index is 0.0132. The average molecular weight is 441 g/mol. The molecule has 0 spiro atoms. The zero-order valence-electron chi connectivity index (χ0n) is 19.4. The van der Waals surface area contributed by atoms with Crippen molar-refractivity contribution in [1.29, 1.82) is 0 Å². The molecule has 2 aliphatic rings. The smallest absolute Gasteiger partial charge is 0.257 e. The first-order chi connectivity index (χ1) is 16.1. The van der Waals surface area contributed by atoms with Crippen LogP contribution in [0.3, 0.4) is 0 Å². The molecule has 0 radical (unpaired) electrons. The van der Waals surface area contributed by atoms with Gasteiger partial charge in [-0.1, -0.05) is 86.3 Å². The summed E-state index contributed by atoms with van der Waals surface area (Å²) in [6.45, 7) is 1.92. The largest absolute Gasteiger partial charge is 0.299 e. The van der Waals surface area contributed by atoms with E-state index < -0.39 is 0 Å². The van der Waals surface area contributed by atoms with Crippen LogP contribution in [-0.2, 0) is 17.6 Å². The molecule has 1 atom stereocenters. The predicted octanol–water partition coefficient (Wildman–Crippen LogP) is 5.44. The van der Waals surface area contributed by atoms with E-state index in [0.717, 1.165) is 28.8 Å². The van der Waals surface area contributed by atoms with Gasteiger partial charge in [0.2, 0.25) is 0 Å². The summed E-state index contributed by atoms with van der Waals surface area (Å²) in [7, 11) is 0. The van der Waals surface area contributed by atoms with E-state index in [1.165, 1.54) is 25.7 Å². The molecule has 0 N–H and O–H groups in total. The highest BCUT2D eigenvalue weighted by atomic mass is 16.1. The van der Waals surface area contributed by atoms with Crippen molar-refractivity contribution >= 4 is 5.78 Å². The predicted molar refractivity (Wildman–Crippen MR) is 130 cm³/mol. The second kappa shape index (κ2) is 9.46. The van der Waals surface area contributed by atoms with Crippen molar-refractivity contribution in [3.05, 3.63) is 99.2 Å². The summed E-state index contributed by atoms with van der Waals surface area (Å²) in [6, 6.07) is 20.1. The second-order valence-electron chi connectivity index (χ2n) is 9.74. The van der Waals surface area contributed by atoms with Gasteiger partial charge in [0.25, 0.3) is 5.56 Å². The molecule has 5 rings (SSSR count). The Hall–Kier alpha value is -3.01. The van der Waals surface area contributed by atoms with E-state index in [9.17, 15) is 9.59 Å². The molecule has 3 aromatic rings. The number of carbonyl (C=O) groups excluding carboxylic acids is 1. The first kappa shape index (κ1) is 21.8. The molecule has 0 saturated heterocycles. The fraction of sp³-hybridized carbons (Fsp3) is 0.414. The molecule has 1 aromatic heterocycles. The van der Waals surface area contributed by atoms with Gasteiger partial charge in [0, 0.05) is 17.9 Å². The maximum atomic E-state index is 13.8. The van der Waals surface area contributed by atoms with Crippen molar-refractivity contribution in [2.45, 2.75) is 64.3 Å². The summed E-state index contributed by atoms with van der Waals surface area (Å²) < 4.78 is 1.85. The number of hydrogen-bond acceptors (Lipinski definition) is 3. The number of carbonyl (C=O) groups is 1. The molecule has 33 heavy (non-hydrogen) atoms. The Morgan fingerprint density at radius 2 is 1.58 bits per heavy atom. The normalized spacial score (nSPS) is 18.4. The molecule has 1 fully saturated rings. The molecule has 2 aromatic carbocycles. The van der Waals surface area contributed by atoms with Crippen LogP contribution in [0.15, 0.2) is 65.5 Å². The Labute approximate surface area is 195 Å². The van der Waals surface area contributed by atoms with Crippen LogP contribution < -0.4 is 5.56 Å². The second-order valence-corrected chi connectivity index (χ2v) is 9.74. The molecule has 1 heterocycles. The van der Waals surface area contributed by atoms with Crippen molar-refractivity contribution in [2.24, 2.45) is 11.8 Å². The molecule has 0 amide bonds. The van der Waals surface area contributed by atoms with Crippen LogP contribution >= 0.6 is 0 Å². The fourth-order valence-corrected chi connectivity index (χ4v) is 5.81. The van der Waals surface area contributed by atoms with Crippen LogP contribution in [0.2, 0.25) is 0 Å². The average Bonchev–Trinajstić information content (AvgIpc) is 3.35. The number of nitrogens with zero attached hydrogens (tertiary/aromatic N) is 2. The minimum Gasteiger partial charge on any atom is -0.299 e. The molecule has 2 aliphatic carbocycles. The lowest BCUT2D eigenvalue weighted by molar-refractivity contribution is -0.124. The van der Waals surface area contributed by atoms with Crippen LogP contribution in [0.4, 0.5) is 0 Å². The highest BCUT2D eigenvalue weighted by molar-refractivity contribution is 5.81. The number of hydrogen-bond donors (Lipinski definition) is 0. The van der Waals surface area contributed by atoms with Gasteiger partial charge >= 0.3 is 0 Å². The van der Waals surface area contributed by atoms with Crippen LogP contribution in [0.25, 0.3) is 0 Å². The summed E-state index contributed by atoms with van der Waals surface area (Å²) in [5.41, 5.74) is 3.80. The molecule has 4 heteroatoms. The first-order valence-electron chi connectivity index (χ1n) is 12.4. The van der Waals surface area contributed by atoms with Gasteiger partial charge in [-0.25, -0.2) is 4.98 Å². The number of Topliss-reactive ketones (excluding diaryl/α,β-unsaturated/α-hetero) is 1. The minimum atomic E-state index is -0.223. The maximum absolute atomic E-state index is 13.8. The van der Waals surface area contributed by atoms with Crippen LogP contribution in [0.1, 0.15) is 72.8 Å². The number of aryl methyl sites for hydroxylation is 1. The number of ketones is 1. The quantitative estimate of drug-likeness (QED) is 0.513. The lowest BCUT2D eigenvalue weighted by atomic mass is 9.81. The number of fused-ring (bicyclic) bond motifs is 1. The first-order valence-corrected chi connectivity index (χ1v) is 12.4. The Morgan fingerprint density at radius 3 is 2.18 bits per heavy atom. The fourth-order valence-electron chi connectivity index (χ4n) is 5.81. The van der Waals surface area contributed by atoms with Crippen molar-refractivity contribution in [1.82, 2.24) is 9.55 Å². The molecular weight excluding hydrogens is 408 g/mol. The van der Waals surface area contributed by atoms with Gasteiger partial charge in [-0.15, -0.1) is 0 Å². The Morgan fingerprint density at radius 1 is 0.970 bits per heavy atom. The molecule has 1 unspecified atom stereocenters. The van der Waals surface area contributed by atoms with Gasteiger partial charge in [-0.2, -0.15) is 0 Å². The Kier molecular flexibility index (Phi) is 6.26. The molecule has 0 aliphatic heterocycles. The van der Waals surface area contributed by atoms with Gasteiger partial charge in [0.1, 0.15) is 11.6 Å². The van der Waals surface area contributed by atoms with Gasteiger partial charge in [0.15, 0.2) is 0 Å². The van der Waals surface area contributed by atoms with Crippen LogP contribution in [0, 0.1) is 18.8 Å². The standard InChI is InChI=1S/C29H32N2O2/c1-20-30-26-19-24(27(32)18-21-10-8-9-11-21)16-17-25(26)29(33)31(20)28(22-12-4-2-5-13-22)23-14-6-3-7-15-23/h2-7,12-15,21,24,28H,8-11,16-19H2,1H3. The van der Waals surface area contributed by atoms with E-state index in [4.69, 9.17) is 4.98 Å². The zero-order chi connectivity index (χ0) is 22.8. The Bertz CT molecular complexity index is 1140. The van der Waals surface area contributed by atoms with Gasteiger partial charge in [-0.3, -0.25) is 14.2 Å². The van der Waals surface area contributed by atoms with Gasteiger partial charge in [-0.05, 0) is 43.2 Å². The summed E-state index contributed by atoms with van der Waals surface area (Å²) in [6.07, 6.45) is 7.62. The zero-order valence-corrected chi connectivity index (χ0v) is 19.4. The topological polar surface area (TPSA) is 52.0 Å². The van der Waals surface area contributed by atoms with Gasteiger partial charge < -0.3 is 0 Å². The summed E-state index contributed by atoms with van der Waals surface area (Å²) in [5, 5.41) is 0. The summed E-state index contributed by atoms with van der Waals surface area (Å²) in [5.74, 6) is 1.67.